The molecule has 2 aromatic rings. The molecular formula is C14H18N4O. The van der Waals surface area contributed by atoms with Gasteiger partial charge in [-0.1, -0.05) is 19.1 Å². The number of nitrogens with one attached hydrogen (secondary N) is 1. The van der Waals surface area contributed by atoms with Crippen LogP contribution in [0.3, 0.4) is 0 Å². The molecule has 0 aliphatic heterocycles. The van der Waals surface area contributed by atoms with Crippen LogP contribution in [0.5, 0.6) is 0 Å². The average Bonchev–Trinajstić information content (AvgIpc) is 2.75. The predicted molar refractivity (Wildman–Crippen MR) is 75.7 cm³/mol. The van der Waals surface area contributed by atoms with Gasteiger partial charge in [0.2, 0.25) is 5.91 Å². The summed E-state index contributed by atoms with van der Waals surface area (Å²) in [5.41, 5.74) is 7.48. The molecule has 3 N–H and O–H groups in total. The Hall–Kier alpha value is -2.30. The number of hydrogen-bond donors (Lipinski definition) is 2. The van der Waals surface area contributed by atoms with E-state index >= 15 is 0 Å². The molecular weight excluding hydrogens is 240 g/mol. The molecule has 1 amide bonds. The number of rotatable bonds is 4. The Bertz CT molecular complexity index is 559. The Morgan fingerprint density at radius 1 is 1.37 bits per heavy atom. The van der Waals surface area contributed by atoms with Gasteiger partial charge in [-0.3, -0.25) is 9.48 Å². The maximum absolute atomic E-state index is 11.9. The van der Waals surface area contributed by atoms with Crippen LogP contribution >= 0.6 is 0 Å². The van der Waals surface area contributed by atoms with Crippen molar-refractivity contribution in [3.8, 4) is 0 Å². The average molecular weight is 258 g/mol. The fourth-order valence-electron chi connectivity index (χ4n) is 1.90. The topological polar surface area (TPSA) is 72.9 Å². The van der Waals surface area contributed by atoms with Gasteiger partial charge in [0.15, 0.2) is 5.82 Å². The van der Waals surface area contributed by atoms with Crippen molar-refractivity contribution in [2.24, 2.45) is 7.05 Å². The zero-order valence-electron chi connectivity index (χ0n) is 11.1. The summed E-state index contributed by atoms with van der Waals surface area (Å²) in [4.78, 5) is 11.9. The quantitative estimate of drug-likeness (QED) is 0.825. The molecule has 1 aromatic heterocycles. The molecule has 0 saturated heterocycles. The summed E-state index contributed by atoms with van der Waals surface area (Å²) in [5.74, 6) is 0.685. The number of anilines is 2. The molecule has 2 rings (SSSR count). The Balaban J connectivity index is 1.93. The van der Waals surface area contributed by atoms with E-state index in [1.165, 1.54) is 0 Å². The minimum absolute atomic E-state index is 0.0389. The smallest absolute Gasteiger partial charge is 0.226 e. The first-order valence-corrected chi connectivity index (χ1v) is 6.19. The molecule has 0 aliphatic rings. The number of aryl methyl sites for hydroxylation is 1. The van der Waals surface area contributed by atoms with Crippen LogP contribution in [-0.4, -0.2) is 15.7 Å². The highest BCUT2D eigenvalue weighted by Gasteiger charge is 2.12. The number of carbonyl (C=O) groups excluding carboxylic acids is 1. The summed E-state index contributed by atoms with van der Waals surface area (Å²) in [6.07, 6.45) is 2.21. The van der Waals surface area contributed by atoms with Crippen molar-refractivity contribution in [3.05, 3.63) is 42.1 Å². The Morgan fingerprint density at radius 3 is 2.63 bits per heavy atom. The molecule has 5 nitrogen and oxygen atoms in total. The highest BCUT2D eigenvalue weighted by atomic mass is 16.1. The molecule has 1 heterocycles. The first-order chi connectivity index (χ1) is 9.04. The maximum atomic E-state index is 11.9. The first-order valence-electron chi connectivity index (χ1n) is 6.19. The molecule has 100 valence electrons. The van der Waals surface area contributed by atoms with Gasteiger partial charge in [0.1, 0.15) is 0 Å². The fourth-order valence-corrected chi connectivity index (χ4v) is 1.90. The van der Waals surface area contributed by atoms with Crippen LogP contribution in [0.4, 0.5) is 11.5 Å². The Kier molecular flexibility index (Phi) is 3.85. The molecule has 1 atom stereocenters. The predicted octanol–water partition coefficient (Wildman–Crippen LogP) is 2.13. The third-order valence-corrected chi connectivity index (χ3v) is 2.98. The number of nitrogen functional groups attached to an aromatic ring is 1. The van der Waals surface area contributed by atoms with Crippen LogP contribution in [-0.2, 0) is 11.8 Å². The molecule has 19 heavy (non-hydrogen) atoms. The monoisotopic (exact) mass is 258 g/mol. The van der Waals surface area contributed by atoms with Crippen LogP contribution in [0.15, 0.2) is 36.5 Å². The third-order valence-electron chi connectivity index (χ3n) is 2.98. The molecule has 0 fully saturated rings. The standard InChI is InChI=1S/C14H18N4O/c1-10(11-3-5-12(15)6-4-11)9-14(19)16-13-7-8-18(2)17-13/h3-8,10H,9,15H2,1-2H3,(H,16,17,19). The van der Waals surface area contributed by atoms with Crippen molar-refractivity contribution in [1.29, 1.82) is 0 Å². The normalized spacial score (nSPS) is 12.1. The molecule has 0 saturated carbocycles. The molecule has 5 heteroatoms. The van der Waals surface area contributed by atoms with Gasteiger partial charge in [-0.15, -0.1) is 0 Å². The number of nitrogens with two attached hydrogens (primary N) is 1. The number of aromatic nitrogens is 2. The fraction of sp³-hybridized carbons (Fsp3) is 0.286. The minimum atomic E-state index is -0.0389. The highest BCUT2D eigenvalue weighted by molar-refractivity contribution is 5.90. The minimum Gasteiger partial charge on any atom is -0.399 e. The Labute approximate surface area is 112 Å². The molecule has 0 bridgehead atoms. The molecule has 0 radical (unpaired) electrons. The number of nitrogens with zero attached hydrogens (tertiary/aromatic N) is 2. The zero-order chi connectivity index (χ0) is 13.8. The first kappa shape index (κ1) is 13.1. The molecule has 0 spiro atoms. The largest absolute Gasteiger partial charge is 0.399 e. The van der Waals surface area contributed by atoms with Gasteiger partial charge >= 0.3 is 0 Å². The van der Waals surface area contributed by atoms with Crippen LogP contribution in [0, 0.1) is 0 Å². The van der Waals surface area contributed by atoms with E-state index < -0.39 is 0 Å². The van der Waals surface area contributed by atoms with Crippen molar-refractivity contribution in [2.75, 3.05) is 11.1 Å². The van der Waals surface area contributed by atoms with Gasteiger partial charge in [-0.25, -0.2) is 0 Å². The number of carbonyl (C=O) groups is 1. The van der Waals surface area contributed by atoms with E-state index in [4.69, 9.17) is 5.73 Å². The van der Waals surface area contributed by atoms with E-state index in [2.05, 4.69) is 10.4 Å². The number of amides is 1. The SMILES string of the molecule is CC(CC(=O)Nc1ccn(C)n1)c1ccc(N)cc1. The summed E-state index contributed by atoms with van der Waals surface area (Å²) < 4.78 is 1.65. The van der Waals surface area contributed by atoms with Crippen molar-refractivity contribution < 1.29 is 4.79 Å². The van der Waals surface area contributed by atoms with E-state index in [1.54, 1.807) is 16.9 Å². The second-order valence-corrected chi connectivity index (χ2v) is 4.69. The van der Waals surface area contributed by atoms with Gasteiger partial charge in [-0.2, -0.15) is 5.10 Å². The zero-order valence-corrected chi connectivity index (χ0v) is 11.1. The lowest BCUT2D eigenvalue weighted by Gasteiger charge is -2.11. The van der Waals surface area contributed by atoms with E-state index in [1.807, 2.05) is 38.2 Å². The van der Waals surface area contributed by atoms with Crippen LogP contribution in [0.2, 0.25) is 0 Å². The third kappa shape index (κ3) is 3.58. The van der Waals surface area contributed by atoms with Crippen molar-refractivity contribution in [1.82, 2.24) is 9.78 Å². The second kappa shape index (κ2) is 5.56. The van der Waals surface area contributed by atoms with Gasteiger partial charge in [0.25, 0.3) is 0 Å². The van der Waals surface area contributed by atoms with Gasteiger partial charge < -0.3 is 11.1 Å². The molecule has 1 unspecified atom stereocenters. The number of hydrogen-bond acceptors (Lipinski definition) is 3. The summed E-state index contributed by atoms with van der Waals surface area (Å²) in [6.45, 7) is 2.02. The summed E-state index contributed by atoms with van der Waals surface area (Å²) >= 11 is 0. The summed E-state index contributed by atoms with van der Waals surface area (Å²) in [7, 11) is 1.81. The summed E-state index contributed by atoms with van der Waals surface area (Å²) in [5, 5.41) is 6.89. The van der Waals surface area contributed by atoms with Crippen molar-refractivity contribution in [2.45, 2.75) is 19.3 Å². The van der Waals surface area contributed by atoms with Gasteiger partial charge in [0, 0.05) is 31.4 Å². The summed E-state index contributed by atoms with van der Waals surface area (Å²) in [6, 6.07) is 9.37. The van der Waals surface area contributed by atoms with E-state index in [-0.39, 0.29) is 11.8 Å². The van der Waals surface area contributed by atoms with Gasteiger partial charge in [-0.05, 0) is 23.6 Å². The van der Waals surface area contributed by atoms with E-state index in [0.717, 1.165) is 11.3 Å². The second-order valence-electron chi connectivity index (χ2n) is 4.69. The molecule has 1 aromatic carbocycles. The lowest BCUT2D eigenvalue weighted by molar-refractivity contribution is -0.116. The van der Waals surface area contributed by atoms with Crippen LogP contribution in [0.1, 0.15) is 24.8 Å². The van der Waals surface area contributed by atoms with Crippen LogP contribution in [0.25, 0.3) is 0 Å². The van der Waals surface area contributed by atoms with Crippen molar-refractivity contribution >= 4 is 17.4 Å². The lowest BCUT2D eigenvalue weighted by atomic mass is 9.97. The Morgan fingerprint density at radius 2 is 2.05 bits per heavy atom. The number of benzene rings is 1. The van der Waals surface area contributed by atoms with E-state index in [0.29, 0.717) is 12.2 Å². The highest BCUT2D eigenvalue weighted by Crippen LogP contribution is 2.20. The lowest BCUT2D eigenvalue weighted by Crippen LogP contribution is -2.15. The van der Waals surface area contributed by atoms with Gasteiger partial charge in [0.05, 0.1) is 0 Å². The molecule has 0 aliphatic carbocycles. The van der Waals surface area contributed by atoms with E-state index in [9.17, 15) is 4.79 Å². The maximum Gasteiger partial charge on any atom is 0.226 e. The van der Waals surface area contributed by atoms with Crippen LogP contribution < -0.4 is 11.1 Å². The van der Waals surface area contributed by atoms with Crippen molar-refractivity contribution in [3.63, 3.8) is 0 Å².